The lowest BCUT2D eigenvalue weighted by Gasteiger charge is -2.35. The summed E-state index contributed by atoms with van der Waals surface area (Å²) in [5.74, 6) is 0.512. The molecule has 4 rings (SSSR count). The third kappa shape index (κ3) is 6.43. The molecular weight excluding hydrogens is 504 g/mol. The van der Waals surface area contributed by atoms with Crippen LogP contribution in [0, 0.1) is 6.92 Å². The molecule has 202 valence electrons. The number of aryl methyl sites for hydroxylation is 1. The average Bonchev–Trinajstić information content (AvgIpc) is 2.87. The van der Waals surface area contributed by atoms with Gasteiger partial charge in [0.05, 0.1) is 30.9 Å². The second kappa shape index (κ2) is 11.8. The SMILES string of the molecule is COc1cc([C@H]2NC(=S)NC(C)=C2C(=O)Nc2ccc(C)cc2)ccc1OCC(=O)N1C[C@H](C)O[C@@H](C)C1. The number of allylic oxidation sites excluding steroid dienone is 1. The van der Waals surface area contributed by atoms with Crippen molar-refractivity contribution >= 4 is 34.8 Å². The number of amides is 2. The monoisotopic (exact) mass is 538 g/mol. The number of rotatable bonds is 7. The van der Waals surface area contributed by atoms with E-state index in [0.717, 1.165) is 11.1 Å². The van der Waals surface area contributed by atoms with Gasteiger partial charge < -0.3 is 35.1 Å². The van der Waals surface area contributed by atoms with Gasteiger partial charge in [0.1, 0.15) is 0 Å². The Labute approximate surface area is 228 Å². The van der Waals surface area contributed by atoms with E-state index < -0.39 is 6.04 Å². The molecule has 9 nitrogen and oxygen atoms in total. The maximum atomic E-state index is 13.3. The molecule has 2 aliphatic rings. The lowest BCUT2D eigenvalue weighted by atomic mass is 9.94. The van der Waals surface area contributed by atoms with Gasteiger partial charge in [-0.1, -0.05) is 23.8 Å². The van der Waals surface area contributed by atoms with Gasteiger partial charge in [-0.15, -0.1) is 0 Å². The van der Waals surface area contributed by atoms with Crippen molar-refractivity contribution in [3.05, 3.63) is 64.9 Å². The number of thiocarbonyl (C=S) groups is 1. The first-order valence-corrected chi connectivity index (χ1v) is 13.0. The van der Waals surface area contributed by atoms with Gasteiger partial charge in [-0.3, -0.25) is 9.59 Å². The van der Waals surface area contributed by atoms with Crippen LogP contribution >= 0.6 is 12.2 Å². The van der Waals surface area contributed by atoms with E-state index in [1.807, 2.05) is 58.0 Å². The highest BCUT2D eigenvalue weighted by atomic mass is 32.1. The molecule has 38 heavy (non-hydrogen) atoms. The fourth-order valence-electron chi connectivity index (χ4n) is 4.68. The van der Waals surface area contributed by atoms with Crippen LogP contribution in [-0.4, -0.2) is 60.8 Å². The molecule has 0 unspecified atom stereocenters. The lowest BCUT2D eigenvalue weighted by Crippen LogP contribution is -2.49. The van der Waals surface area contributed by atoms with Crippen LogP contribution in [0.2, 0.25) is 0 Å². The Bertz CT molecular complexity index is 1240. The summed E-state index contributed by atoms with van der Waals surface area (Å²) in [7, 11) is 1.53. The topological polar surface area (TPSA) is 101 Å². The van der Waals surface area contributed by atoms with Crippen molar-refractivity contribution in [2.75, 3.05) is 32.1 Å². The second-order valence-electron chi connectivity index (χ2n) is 9.65. The highest BCUT2D eigenvalue weighted by Crippen LogP contribution is 2.34. The predicted octanol–water partition coefficient (Wildman–Crippen LogP) is 3.45. The molecule has 2 aromatic rings. The summed E-state index contributed by atoms with van der Waals surface area (Å²) in [6.45, 7) is 8.65. The Morgan fingerprint density at radius 1 is 1.08 bits per heavy atom. The summed E-state index contributed by atoms with van der Waals surface area (Å²) in [5.41, 5.74) is 3.71. The van der Waals surface area contributed by atoms with E-state index in [0.29, 0.717) is 46.7 Å². The summed E-state index contributed by atoms with van der Waals surface area (Å²) >= 11 is 5.38. The minimum atomic E-state index is -0.518. The van der Waals surface area contributed by atoms with E-state index in [2.05, 4.69) is 16.0 Å². The molecule has 0 saturated carbocycles. The molecule has 3 N–H and O–H groups in total. The molecular formula is C28H34N4O5S. The number of nitrogens with one attached hydrogen (secondary N) is 3. The summed E-state index contributed by atoms with van der Waals surface area (Å²) in [5, 5.41) is 9.62. The van der Waals surface area contributed by atoms with Crippen molar-refractivity contribution < 1.29 is 23.8 Å². The number of nitrogens with zero attached hydrogens (tertiary/aromatic N) is 1. The first-order valence-electron chi connectivity index (χ1n) is 12.5. The molecule has 10 heteroatoms. The number of anilines is 1. The molecule has 0 aromatic heterocycles. The fraction of sp³-hybridized carbons (Fsp3) is 0.393. The van der Waals surface area contributed by atoms with Crippen molar-refractivity contribution in [1.29, 1.82) is 0 Å². The van der Waals surface area contributed by atoms with Gasteiger partial charge in [-0.05, 0) is 69.7 Å². The number of morpholine rings is 1. The van der Waals surface area contributed by atoms with Crippen molar-refractivity contribution in [3.8, 4) is 11.5 Å². The Balaban J connectivity index is 1.52. The minimum Gasteiger partial charge on any atom is -0.493 e. The van der Waals surface area contributed by atoms with E-state index in [1.54, 1.807) is 17.0 Å². The van der Waals surface area contributed by atoms with Gasteiger partial charge in [0.25, 0.3) is 11.8 Å². The van der Waals surface area contributed by atoms with Crippen LogP contribution in [0.1, 0.15) is 37.9 Å². The standard InChI is InChI=1S/C28H34N4O5S/c1-16-6-9-21(10-7-16)30-27(34)25-19(4)29-28(38)31-26(25)20-8-11-22(23(12-20)35-5)36-15-24(33)32-13-17(2)37-18(3)14-32/h6-12,17-18,26H,13-15H2,1-5H3,(H,30,34)(H2,29,31,38)/t17-,18-,26+/m0/s1. The molecule has 1 fully saturated rings. The first kappa shape index (κ1) is 27.4. The Morgan fingerprint density at radius 2 is 1.76 bits per heavy atom. The zero-order valence-corrected chi connectivity index (χ0v) is 23.1. The summed E-state index contributed by atoms with van der Waals surface area (Å²) in [6, 6.07) is 12.4. The van der Waals surface area contributed by atoms with Crippen molar-refractivity contribution in [1.82, 2.24) is 15.5 Å². The van der Waals surface area contributed by atoms with E-state index >= 15 is 0 Å². The summed E-state index contributed by atoms with van der Waals surface area (Å²) in [6.07, 6.45) is -0.0389. The minimum absolute atomic E-state index is 0.0194. The normalized spacial score (nSPS) is 21.3. The number of ether oxygens (including phenoxy) is 3. The zero-order valence-electron chi connectivity index (χ0n) is 22.3. The fourth-order valence-corrected chi connectivity index (χ4v) is 4.95. The largest absolute Gasteiger partial charge is 0.493 e. The highest BCUT2D eigenvalue weighted by molar-refractivity contribution is 7.80. The third-order valence-electron chi connectivity index (χ3n) is 6.47. The highest BCUT2D eigenvalue weighted by Gasteiger charge is 2.31. The average molecular weight is 539 g/mol. The quantitative estimate of drug-likeness (QED) is 0.461. The summed E-state index contributed by atoms with van der Waals surface area (Å²) in [4.78, 5) is 27.9. The molecule has 2 amide bonds. The van der Waals surface area contributed by atoms with Crippen LogP contribution in [0.3, 0.4) is 0 Å². The van der Waals surface area contributed by atoms with Crippen LogP contribution in [-0.2, 0) is 14.3 Å². The molecule has 2 aliphatic heterocycles. The van der Waals surface area contributed by atoms with Crippen LogP contribution < -0.4 is 25.4 Å². The predicted molar refractivity (Wildman–Crippen MR) is 149 cm³/mol. The van der Waals surface area contributed by atoms with Gasteiger partial charge in [-0.2, -0.15) is 0 Å². The van der Waals surface area contributed by atoms with Gasteiger partial charge in [0.15, 0.2) is 23.2 Å². The number of benzene rings is 2. The molecule has 3 atom stereocenters. The molecule has 0 aliphatic carbocycles. The van der Waals surface area contributed by atoms with Crippen LogP contribution in [0.15, 0.2) is 53.7 Å². The van der Waals surface area contributed by atoms with Crippen molar-refractivity contribution in [2.45, 2.75) is 45.9 Å². The molecule has 0 spiro atoms. The van der Waals surface area contributed by atoms with Crippen molar-refractivity contribution in [3.63, 3.8) is 0 Å². The first-order chi connectivity index (χ1) is 18.1. The molecule has 0 bridgehead atoms. The van der Waals surface area contributed by atoms with Gasteiger partial charge in [-0.25, -0.2) is 0 Å². The van der Waals surface area contributed by atoms with E-state index in [-0.39, 0.29) is 30.6 Å². The molecule has 0 radical (unpaired) electrons. The van der Waals surface area contributed by atoms with Gasteiger partial charge in [0, 0.05) is 24.5 Å². The van der Waals surface area contributed by atoms with E-state index in [1.165, 1.54) is 7.11 Å². The number of methoxy groups -OCH3 is 1. The number of hydrogen-bond donors (Lipinski definition) is 3. The maximum Gasteiger partial charge on any atom is 0.260 e. The number of carbonyl (C=O) groups is 2. The third-order valence-corrected chi connectivity index (χ3v) is 6.69. The second-order valence-corrected chi connectivity index (χ2v) is 10.1. The Kier molecular flexibility index (Phi) is 8.53. The molecule has 1 saturated heterocycles. The van der Waals surface area contributed by atoms with Crippen LogP contribution in [0.25, 0.3) is 0 Å². The lowest BCUT2D eigenvalue weighted by molar-refractivity contribution is -0.145. The van der Waals surface area contributed by atoms with Gasteiger partial charge >= 0.3 is 0 Å². The number of carbonyl (C=O) groups excluding carboxylic acids is 2. The smallest absolute Gasteiger partial charge is 0.260 e. The zero-order chi connectivity index (χ0) is 27.4. The Morgan fingerprint density at radius 3 is 2.42 bits per heavy atom. The van der Waals surface area contributed by atoms with Crippen molar-refractivity contribution in [2.24, 2.45) is 0 Å². The van der Waals surface area contributed by atoms with Crippen LogP contribution in [0.5, 0.6) is 11.5 Å². The molecule has 2 heterocycles. The van der Waals surface area contributed by atoms with Gasteiger partial charge in [0.2, 0.25) is 0 Å². The van der Waals surface area contributed by atoms with Crippen LogP contribution in [0.4, 0.5) is 5.69 Å². The maximum absolute atomic E-state index is 13.3. The van der Waals surface area contributed by atoms with E-state index in [4.69, 9.17) is 26.4 Å². The van der Waals surface area contributed by atoms with E-state index in [9.17, 15) is 9.59 Å². The molecule has 2 aromatic carbocycles. The number of hydrogen-bond acceptors (Lipinski definition) is 6. The Hall–Kier alpha value is -3.63. The summed E-state index contributed by atoms with van der Waals surface area (Å²) < 4.78 is 17.1.